The summed E-state index contributed by atoms with van der Waals surface area (Å²) in [5.74, 6) is -0.931. The first-order valence-corrected chi connectivity index (χ1v) is 4.47. The van der Waals surface area contributed by atoms with E-state index in [2.05, 4.69) is 10.3 Å². The first-order valence-electron chi connectivity index (χ1n) is 4.47. The highest BCUT2D eigenvalue weighted by atomic mass is 16.4. The molecular weight excluding hydrogens is 180 g/mol. The molecule has 1 aromatic heterocycles. The van der Waals surface area contributed by atoms with E-state index in [-0.39, 0.29) is 5.69 Å². The lowest BCUT2D eigenvalue weighted by Crippen LogP contribution is -2.05. The fourth-order valence-electron chi connectivity index (χ4n) is 1.08. The van der Waals surface area contributed by atoms with Crippen LogP contribution in [0.25, 0.3) is 6.08 Å². The number of aromatic carboxylic acids is 1. The Morgan fingerprint density at radius 2 is 2.50 bits per heavy atom. The van der Waals surface area contributed by atoms with E-state index >= 15 is 0 Å². The largest absolute Gasteiger partial charge is 0.477 e. The zero-order valence-electron chi connectivity index (χ0n) is 8.08. The number of H-pyrrole nitrogens is 1. The number of carboxylic acid groups (broad SMARTS) is 1. The Balaban J connectivity index is 2.51. The Morgan fingerprint density at radius 1 is 1.71 bits per heavy atom. The Morgan fingerprint density at radius 3 is 3.07 bits per heavy atom. The van der Waals surface area contributed by atoms with Crippen molar-refractivity contribution in [3.05, 3.63) is 29.6 Å². The van der Waals surface area contributed by atoms with Gasteiger partial charge in [0.05, 0.1) is 0 Å². The third-order valence-electron chi connectivity index (χ3n) is 1.81. The summed E-state index contributed by atoms with van der Waals surface area (Å²) in [4.78, 5) is 13.2. The van der Waals surface area contributed by atoms with Crippen LogP contribution < -0.4 is 5.32 Å². The van der Waals surface area contributed by atoms with Crippen molar-refractivity contribution in [1.82, 2.24) is 10.3 Å². The van der Waals surface area contributed by atoms with Gasteiger partial charge in [0.15, 0.2) is 0 Å². The highest BCUT2D eigenvalue weighted by Crippen LogP contribution is 2.05. The maximum absolute atomic E-state index is 10.5. The van der Waals surface area contributed by atoms with Crippen molar-refractivity contribution >= 4 is 12.0 Å². The normalized spacial score (nSPS) is 10.9. The summed E-state index contributed by atoms with van der Waals surface area (Å²) in [6.45, 7) is 0.923. The van der Waals surface area contributed by atoms with Gasteiger partial charge in [0.25, 0.3) is 0 Å². The van der Waals surface area contributed by atoms with Crippen LogP contribution in [-0.2, 0) is 0 Å². The van der Waals surface area contributed by atoms with Crippen LogP contribution in [0.2, 0.25) is 0 Å². The van der Waals surface area contributed by atoms with Crippen molar-refractivity contribution in [3.8, 4) is 0 Å². The zero-order valence-corrected chi connectivity index (χ0v) is 8.08. The fraction of sp³-hybridized carbons (Fsp3) is 0.300. The Kier molecular flexibility index (Phi) is 3.94. The molecule has 3 N–H and O–H groups in total. The number of carbonyl (C=O) groups is 1. The van der Waals surface area contributed by atoms with E-state index in [9.17, 15) is 4.79 Å². The van der Waals surface area contributed by atoms with Gasteiger partial charge in [0, 0.05) is 6.20 Å². The van der Waals surface area contributed by atoms with Crippen LogP contribution in [0.4, 0.5) is 0 Å². The van der Waals surface area contributed by atoms with E-state index < -0.39 is 5.97 Å². The lowest BCUT2D eigenvalue weighted by molar-refractivity contribution is 0.0691. The molecule has 0 spiro atoms. The predicted molar refractivity (Wildman–Crippen MR) is 55.3 cm³/mol. The maximum Gasteiger partial charge on any atom is 0.352 e. The third kappa shape index (κ3) is 3.06. The molecule has 0 aliphatic carbocycles. The molecule has 0 atom stereocenters. The molecule has 14 heavy (non-hydrogen) atoms. The van der Waals surface area contributed by atoms with E-state index in [1.807, 2.05) is 19.2 Å². The molecule has 0 amide bonds. The number of aromatic amines is 1. The van der Waals surface area contributed by atoms with Crippen molar-refractivity contribution in [2.75, 3.05) is 13.6 Å². The van der Waals surface area contributed by atoms with Crippen molar-refractivity contribution in [2.45, 2.75) is 6.42 Å². The monoisotopic (exact) mass is 194 g/mol. The lowest BCUT2D eigenvalue weighted by atomic mass is 10.2. The standard InChI is InChI=1S/C10H14N2O2/c1-11-5-3-2-4-8-6-9(10(13)14)12-7-8/h2,4,6-7,11-12H,3,5H2,1H3,(H,13,14). The minimum atomic E-state index is -0.931. The summed E-state index contributed by atoms with van der Waals surface area (Å²) < 4.78 is 0. The summed E-state index contributed by atoms with van der Waals surface area (Å²) in [5.41, 5.74) is 1.11. The van der Waals surface area contributed by atoms with Crippen LogP contribution in [0.3, 0.4) is 0 Å². The van der Waals surface area contributed by atoms with Gasteiger partial charge in [-0.25, -0.2) is 4.79 Å². The predicted octanol–water partition coefficient (Wildman–Crippen LogP) is 1.34. The first-order chi connectivity index (χ1) is 6.74. The van der Waals surface area contributed by atoms with Gasteiger partial charge < -0.3 is 15.4 Å². The van der Waals surface area contributed by atoms with E-state index in [0.29, 0.717) is 0 Å². The van der Waals surface area contributed by atoms with Crippen LogP contribution in [0.5, 0.6) is 0 Å². The number of nitrogens with one attached hydrogen (secondary N) is 2. The minimum Gasteiger partial charge on any atom is -0.477 e. The average molecular weight is 194 g/mol. The highest BCUT2D eigenvalue weighted by Gasteiger charge is 2.03. The molecule has 0 aliphatic heterocycles. The van der Waals surface area contributed by atoms with Gasteiger partial charge in [-0.05, 0) is 31.6 Å². The molecule has 0 fully saturated rings. The molecule has 0 radical (unpaired) electrons. The molecule has 0 aromatic carbocycles. The van der Waals surface area contributed by atoms with Crippen molar-refractivity contribution in [1.29, 1.82) is 0 Å². The Labute approximate surface area is 82.6 Å². The van der Waals surface area contributed by atoms with Gasteiger partial charge in [0.1, 0.15) is 5.69 Å². The van der Waals surface area contributed by atoms with Crippen LogP contribution in [-0.4, -0.2) is 29.7 Å². The first kappa shape index (κ1) is 10.5. The number of aromatic nitrogens is 1. The lowest BCUT2D eigenvalue weighted by Gasteiger charge is -1.90. The molecule has 4 heteroatoms. The van der Waals surface area contributed by atoms with Crippen molar-refractivity contribution < 1.29 is 9.90 Å². The highest BCUT2D eigenvalue weighted by molar-refractivity contribution is 5.86. The van der Waals surface area contributed by atoms with Crippen LogP contribution >= 0.6 is 0 Å². The third-order valence-corrected chi connectivity index (χ3v) is 1.81. The van der Waals surface area contributed by atoms with E-state index in [4.69, 9.17) is 5.11 Å². The molecule has 0 aliphatic rings. The molecule has 0 unspecified atom stereocenters. The molecule has 1 heterocycles. The summed E-state index contributed by atoms with van der Waals surface area (Å²) in [6.07, 6.45) is 6.52. The van der Waals surface area contributed by atoms with Crippen LogP contribution in [0, 0.1) is 0 Å². The smallest absolute Gasteiger partial charge is 0.352 e. The van der Waals surface area contributed by atoms with Gasteiger partial charge in [-0.1, -0.05) is 12.2 Å². The number of hydrogen-bond donors (Lipinski definition) is 3. The second kappa shape index (κ2) is 5.24. The molecule has 76 valence electrons. The number of hydrogen-bond acceptors (Lipinski definition) is 2. The molecule has 4 nitrogen and oxygen atoms in total. The molecule has 1 aromatic rings. The molecule has 1 rings (SSSR count). The van der Waals surface area contributed by atoms with Crippen molar-refractivity contribution in [3.63, 3.8) is 0 Å². The summed E-state index contributed by atoms with van der Waals surface area (Å²) in [6, 6.07) is 1.61. The summed E-state index contributed by atoms with van der Waals surface area (Å²) in [5, 5.41) is 11.7. The van der Waals surface area contributed by atoms with Gasteiger partial charge in [0.2, 0.25) is 0 Å². The minimum absolute atomic E-state index is 0.221. The summed E-state index contributed by atoms with van der Waals surface area (Å²) >= 11 is 0. The summed E-state index contributed by atoms with van der Waals surface area (Å²) in [7, 11) is 1.90. The van der Waals surface area contributed by atoms with Gasteiger partial charge in [-0.3, -0.25) is 0 Å². The second-order valence-electron chi connectivity index (χ2n) is 2.95. The molecule has 0 bridgehead atoms. The van der Waals surface area contributed by atoms with Gasteiger partial charge >= 0.3 is 5.97 Å². The van der Waals surface area contributed by atoms with Gasteiger partial charge in [-0.15, -0.1) is 0 Å². The van der Waals surface area contributed by atoms with E-state index in [1.165, 1.54) is 0 Å². The second-order valence-corrected chi connectivity index (χ2v) is 2.95. The molecule has 0 saturated carbocycles. The van der Waals surface area contributed by atoms with E-state index in [0.717, 1.165) is 18.5 Å². The van der Waals surface area contributed by atoms with Gasteiger partial charge in [-0.2, -0.15) is 0 Å². The average Bonchev–Trinajstić information content (AvgIpc) is 2.61. The SMILES string of the molecule is CNCCC=Cc1c[nH]c(C(=O)O)c1. The Hall–Kier alpha value is -1.55. The van der Waals surface area contributed by atoms with Crippen LogP contribution in [0.1, 0.15) is 22.5 Å². The van der Waals surface area contributed by atoms with Crippen LogP contribution in [0.15, 0.2) is 18.3 Å². The van der Waals surface area contributed by atoms with Crippen molar-refractivity contribution in [2.24, 2.45) is 0 Å². The molecular formula is C10H14N2O2. The maximum atomic E-state index is 10.5. The molecule has 0 saturated heterocycles. The quantitative estimate of drug-likeness (QED) is 0.620. The number of carboxylic acids is 1. The zero-order chi connectivity index (χ0) is 10.4. The fourth-order valence-corrected chi connectivity index (χ4v) is 1.08. The topological polar surface area (TPSA) is 65.1 Å². The van der Waals surface area contributed by atoms with E-state index in [1.54, 1.807) is 12.3 Å². The number of rotatable bonds is 5. The Bertz CT molecular complexity index is 329.